The minimum Gasteiger partial charge on any atom is -0.461 e. The molecule has 6 nitrogen and oxygen atoms in total. The Morgan fingerprint density at radius 1 is 1.26 bits per heavy atom. The summed E-state index contributed by atoms with van der Waals surface area (Å²) in [6, 6.07) is 0. The Bertz CT molecular complexity index is 312. The number of hydrogen-bond acceptors (Lipinski definition) is 7. The van der Waals surface area contributed by atoms with E-state index in [0.29, 0.717) is 0 Å². The molecule has 0 saturated heterocycles. The predicted octanol–water partition coefficient (Wildman–Crippen LogP) is 2.25. The summed E-state index contributed by atoms with van der Waals surface area (Å²) in [7, 11) is -3.57. The molecular formula is C11H23O6PS. The van der Waals surface area contributed by atoms with E-state index in [0.717, 1.165) is 11.8 Å². The number of aliphatic hydroxyl groups is 1. The molecule has 19 heavy (non-hydrogen) atoms. The molecule has 0 bridgehead atoms. The fraction of sp³-hybridized carbons (Fsp3) is 0.909. The standard InChI is InChI=1S/C11H23O6PS/c1-6-15-18(14,16-7-2)11(19-5)9(12)10(13)17-8(3)4/h8-9,11-12H,6-7H2,1-5H3/t9-,11-/m1/s1. The summed E-state index contributed by atoms with van der Waals surface area (Å²) in [4.78, 5) is 10.7. The lowest BCUT2D eigenvalue weighted by Gasteiger charge is -2.27. The van der Waals surface area contributed by atoms with Gasteiger partial charge < -0.3 is 18.9 Å². The molecule has 0 radical (unpaired) electrons. The maximum atomic E-state index is 12.5. The van der Waals surface area contributed by atoms with Gasteiger partial charge in [-0.3, -0.25) is 4.57 Å². The van der Waals surface area contributed by atoms with Gasteiger partial charge in [-0.05, 0) is 34.0 Å². The zero-order valence-electron chi connectivity index (χ0n) is 12.0. The zero-order chi connectivity index (χ0) is 15.1. The molecule has 0 saturated carbocycles. The monoisotopic (exact) mass is 314 g/mol. The highest BCUT2D eigenvalue weighted by atomic mass is 32.2. The molecule has 0 fully saturated rings. The minimum atomic E-state index is -3.57. The van der Waals surface area contributed by atoms with Crippen molar-refractivity contribution in [2.45, 2.75) is 44.9 Å². The second-order valence-corrected chi connectivity index (χ2v) is 7.41. The number of ether oxygens (including phenoxy) is 1. The average Bonchev–Trinajstić information content (AvgIpc) is 2.29. The molecule has 0 amide bonds. The Kier molecular flexibility index (Phi) is 8.94. The van der Waals surface area contributed by atoms with Gasteiger partial charge in [0.15, 0.2) is 6.10 Å². The third-order valence-electron chi connectivity index (χ3n) is 2.03. The molecule has 0 spiro atoms. The summed E-state index contributed by atoms with van der Waals surface area (Å²) >= 11 is 1.06. The molecule has 0 aromatic heterocycles. The van der Waals surface area contributed by atoms with Crippen molar-refractivity contribution in [1.29, 1.82) is 0 Å². The van der Waals surface area contributed by atoms with E-state index >= 15 is 0 Å². The van der Waals surface area contributed by atoms with E-state index in [4.69, 9.17) is 13.8 Å². The van der Waals surface area contributed by atoms with E-state index in [9.17, 15) is 14.5 Å². The lowest BCUT2D eigenvalue weighted by molar-refractivity contribution is -0.156. The van der Waals surface area contributed by atoms with Crippen molar-refractivity contribution in [1.82, 2.24) is 0 Å². The number of carbonyl (C=O) groups is 1. The molecule has 0 aliphatic carbocycles. The summed E-state index contributed by atoms with van der Waals surface area (Å²) in [6.07, 6.45) is -0.286. The molecule has 0 rings (SSSR count). The summed E-state index contributed by atoms with van der Waals surface area (Å²) < 4.78 is 27.7. The van der Waals surface area contributed by atoms with Crippen molar-refractivity contribution in [2.75, 3.05) is 19.5 Å². The third kappa shape index (κ3) is 5.83. The summed E-state index contributed by atoms with van der Waals surface area (Å²) in [5.41, 5.74) is 0. The van der Waals surface area contributed by atoms with Crippen LogP contribution < -0.4 is 0 Å². The maximum Gasteiger partial charge on any atom is 0.346 e. The molecule has 0 unspecified atom stereocenters. The van der Waals surface area contributed by atoms with Gasteiger partial charge >= 0.3 is 13.6 Å². The summed E-state index contributed by atoms with van der Waals surface area (Å²) in [6.45, 7) is 7.01. The van der Waals surface area contributed by atoms with Crippen LogP contribution in [0.25, 0.3) is 0 Å². The molecule has 0 aliphatic heterocycles. The number of esters is 1. The topological polar surface area (TPSA) is 82.1 Å². The Morgan fingerprint density at radius 2 is 1.74 bits per heavy atom. The number of carbonyl (C=O) groups excluding carboxylic acids is 1. The Labute approximate surface area is 118 Å². The predicted molar refractivity (Wildman–Crippen MR) is 75.4 cm³/mol. The van der Waals surface area contributed by atoms with Crippen LogP contribution in [0.1, 0.15) is 27.7 Å². The first-order chi connectivity index (χ1) is 8.82. The zero-order valence-corrected chi connectivity index (χ0v) is 13.7. The van der Waals surface area contributed by atoms with Crippen LogP contribution in [0.5, 0.6) is 0 Å². The lowest BCUT2D eigenvalue weighted by atomic mass is 10.4. The molecule has 0 heterocycles. The van der Waals surface area contributed by atoms with E-state index < -0.39 is 24.7 Å². The first kappa shape index (κ1) is 18.9. The molecule has 0 aromatic rings. The highest BCUT2D eigenvalue weighted by molar-refractivity contribution is 8.05. The van der Waals surface area contributed by atoms with Crippen LogP contribution >= 0.6 is 19.4 Å². The third-order valence-corrected chi connectivity index (χ3v) is 6.32. The van der Waals surface area contributed by atoms with Crippen molar-refractivity contribution >= 4 is 25.3 Å². The fourth-order valence-electron chi connectivity index (χ4n) is 1.39. The first-order valence-corrected chi connectivity index (χ1v) is 9.02. The lowest BCUT2D eigenvalue weighted by Crippen LogP contribution is -2.35. The Hall–Kier alpha value is -0.0700. The summed E-state index contributed by atoms with van der Waals surface area (Å²) in [5.74, 6) is -0.825. The van der Waals surface area contributed by atoms with Crippen LogP contribution in [0.15, 0.2) is 0 Å². The van der Waals surface area contributed by atoms with Gasteiger partial charge in [-0.1, -0.05) is 0 Å². The van der Waals surface area contributed by atoms with Crippen LogP contribution in [-0.2, 0) is 23.1 Å². The summed E-state index contributed by atoms with van der Waals surface area (Å²) in [5, 5.41) is 9.99. The molecule has 2 atom stereocenters. The van der Waals surface area contributed by atoms with Crippen LogP contribution in [0.4, 0.5) is 0 Å². The van der Waals surface area contributed by atoms with E-state index in [1.165, 1.54) is 0 Å². The van der Waals surface area contributed by atoms with Crippen LogP contribution in [0.3, 0.4) is 0 Å². The second kappa shape index (κ2) is 8.97. The van der Waals surface area contributed by atoms with Gasteiger partial charge in [0.2, 0.25) is 0 Å². The highest BCUT2D eigenvalue weighted by Gasteiger charge is 2.44. The van der Waals surface area contributed by atoms with E-state index in [-0.39, 0.29) is 19.3 Å². The van der Waals surface area contributed by atoms with Crippen molar-refractivity contribution in [2.24, 2.45) is 0 Å². The number of hydrogen-bond donors (Lipinski definition) is 1. The largest absolute Gasteiger partial charge is 0.461 e. The van der Waals surface area contributed by atoms with Gasteiger partial charge in [-0.15, -0.1) is 11.8 Å². The maximum absolute atomic E-state index is 12.5. The Morgan fingerprint density at radius 3 is 2.05 bits per heavy atom. The molecule has 1 N–H and O–H groups in total. The SMILES string of the molecule is CCOP(=O)(OCC)[C@H](SC)[C@H](O)C(=O)OC(C)C. The van der Waals surface area contributed by atoms with Gasteiger partial charge in [0, 0.05) is 0 Å². The van der Waals surface area contributed by atoms with Crippen molar-refractivity contribution in [3.63, 3.8) is 0 Å². The average molecular weight is 314 g/mol. The van der Waals surface area contributed by atoms with Gasteiger partial charge in [0.05, 0.1) is 19.3 Å². The van der Waals surface area contributed by atoms with Crippen LogP contribution in [-0.4, -0.2) is 47.7 Å². The first-order valence-electron chi connectivity index (χ1n) is 6.12. The second-order valence-electron chi connectivity index (χ2n) is 3.93. The van der Waals surface area contributed by atoms with Crippen molar-refractivity contribution in [3.05, 3.63) is 0 Å². The molecule has 114 valence electrons. The minimum absolute atomic E-state index is 0.167. The van der Waals surface area contributed by atoms with Gasteiger partial charge in [-0.2, -0.15) is 0 Å². The smallest absolute Gasteiger partial charge is 0.346 e. The normalized spacial score (nSPS) is 15.3. The van der Waals surface area contributed by atoms with Gasteiger partial charge in [0.25, 0.3) is 0 Å². The van der Waals surface area contributed by atoms with Crippen LogP contribution in [0.2, 0.25) is 0 Å². The van der Waals surface area contributed by atoms with E-state index in [1.807, 2.05) is 0 Å². The number of aliphatic hydroxyl groups excluding tert-OH is 1. The van der Waals surface area contributed by atoms with Crippen LogP contribution in [0, 0.1) is 0 Å². The van der Waals surface area contributed by atoms with E-state index in [2.05, 4.69) is 0 Å². The number of rotatable bonds is 9. The highest BCUT2D eigenvalue weighted by Crippen LogP contribution is 2.57. The van der Waals surface area contributed by atoms with Gasteiger partial charge in [0.1, 0.15) is 4.99 Å². The molecule has 8 heteroatoms. The molecule has 0 aromatic carbocycles. The number of thioether (sulfide) groups is 1. The molecule has 0 aliphatic rings. The quantitative estimate of drug-likeness (QED) is 0.516. The Balaban J connectivity index is 5.03. The van der Waals surface area contributed by atoms with E-state index in [1.54, 1.807) is 34.0 Å². The fourth-order valence-corrected chi connectivity index (χ4v) is 4.72. The van der Waals surface area contributed by atoms with Crippen molar-refractivity contribution < 1.29 is 28.3 Å². The molecular weight excluding hydrogens is 291 g/mol. The van der Waals surface area contributed by atoms with Gasteiger partial charge in [-0.25, -0.2) is 4.79 Å². The van der Waals surface area contributed by atoms with Crippen molar-refractivity contribution in [3.8, 4) is 0 Å².